The fourth-order valence-corrected chi connectivity index (χ4v) is 1.10. The summed E-state index contributed by atoms with van der Waals surface area (Å²) in [6.07, 6.45) is 8.43. The summed E-state index contributed by atoms with van der Waals surface area (Å²) in [6, 6.07) is 0. The Morgan fingerprint density at radius 3 is 3.07 bits per heavy atom. The van der Waals surface area contributed by atoms with Crippen molar-refractivity contribution in [3.63, 3.8) is 0 Å². The van der Waals surface area contributed by atoms with Crippen LogP contribution in [0.4, 0.5) is 0 Å². The molecule has 0 radical (unpaired) electrons. The molecule has 0 spiro atoms. The van der Waals surface area contributed by atoms with Gasteiger partial charge >= 0.3 is 5.97 Å². The first-order valence-electron chi connectivity index (χ1n) is 4.84. The Balaban J connectivity index is 2.57. The lowest BCUT2D eigenvalue weighted by Crippen LogP contribution is -2.13. The van der Waals surface area contributed by atoms with E-state index in [0.29, 0.717) is 12.0 Å². The summed E-state index contributed by atoms with van der Waals surface area (Å²) in [5.74, 6) is 2.07. The Morgan fingerprint density at radius 1 is 1.80 bits per heavy atom. The van der Waals surface area contributed by atoms with Crippen LogP contribution in [0.15, 0.2) is 12.4 Å². The molecule has 0 aliphatic carbocycles. The highest BCUT2D eigenvalue weighted by Gasteiger charge is 2.12. The second-order valence-electron chi connectivity index (χ2n) is 3.21. The number of aryl methyl sites for hydroxylation is 1. The van der Waals surface area contributed by atoms with Gasteiger partial charge in [0.2, 0.25) is 0 Å². The van der Waals surface area contributed by atoms with Crippen molar-refractivity contribution >= 4 is 5.97 Å². The van der Waals surface area contributed by atoms with E-state index >= 15 is 0 Å². The average molecular weight is 206 g/mol. The van der Waals surface area contributed by atoms with E-state index in [-0.39, 0.29) is 12.1 Å². The van der Waals surface area contributed by atoms with E-state index in [9.17, 15) is 4.79 Å². The minimum Gasteiger partial charge on any atom is -0.458 e. The van der Waals surface area contributed by atoms with E-state index in [0.717, 1.165) is 6.54 Å². The van der Waals surface area contributed by atoms with Gasteiger partial charge in [-0.3, -0.25) is 4.68 Å². The van der Waals surface area contributed by atoms with Crippen molar-refractivity contribution < 1.29 is 9.53 Å². The molecule has 0 aromatic carbocycles. The summed E-state index contributed by atoms with van der Waals surface area (Å²) in [4.78, 5) is 11.5. The highest BCUT2D eigenvalue weighted by Crippen LogP contribution is 2.05. The van der Waals surface area contributed by atoms with E-state index in [1.54, 1.807) is 17.8 Å². The zero-order valence-corrected chi connectivity index (χ0v) is 8.93. The Labute approximate surface area is 89.2 Å². The number of aromatic nitrogens is 2. The van der Waals surface area contributed by atoms with Gasteiger partial charge in [-0.25, -0.2) is 4.79 Å². The average Bonchev–Trinajstić information content (AvgIpc) is 2.66. The maximum Gasteiger partial charge on any atom is 0.341 e. The number of nitrogens with zero attached hydrogens (tertiary/aromatic N) is 2. The zero-order chi connectivity index (χ0) is 11.3. The van der Waals surface area contributed by atoms with Crippen LogP contribution in [0.25, 0.3) is 0 Å². The van der Waals surface area contributed by atoms with E-state index in [2.05, 4.69) is 11.0 Å². The van der Waals surface area contributed by atoms with E-state index in [1.807, 2.05) is 6.92 Å². The Morgan fingerprint density at radius 2 is 2.53 bits per heavy atom. The lowest BCUT2D eigenvalue weighted by molar-refractivity contribution is 0.0352. The van der Waals surface area contributed by atoms with Gasteiger partial charge in [0.05, 0.1) is 11.8 Å². The molecule has 15 heavy (non-hydrogen) atoms. The molecular formula is C11H14N2O2. The van der Waals surface area contributed by atoms with Gasteiger partial charge in [0.1, 0.15) is 6.10 Å². The number of rotatable bonds is 4. The van der Waals surface area contributed by atoms with Crippen molar-refractivity contribution in [3.8, 4) is 12.3 Å². The summed E-state index contributed by atoms with van der Waals surface area (Å²) >= 11 is 0. The monoisotopic (exact) mass is 206 g/mol. The van der Waals surface area contributed by atoms with Gasteiger partial charge in [-0.1, -0.05) is 0 Å². The lowest BCUT2D eigenvalue weighted by atomic mass is 10.3. The molecule has 0 aliphatic rings. The van der Waals surface area contributed by atoms with Crippen molar-refractivity contribution in [2.45, 2.75) is 32.9 Å². The van der Waals surface area contributed by atoms with E-state index in [4.69, 9.17) is 11.2 Å². The van der Waals surface area contributed by atoms with Crippen molar-refractivity contribution in [3.05, 3.63) is 18.0 Å². The molecule has 1 aromatic heterocycles. The van der Waals surface area contributed by atoms with Crippen molar-refractivity contribution in [1.29, 1.82) is 0 Å². The molecule has 1 heterocycles. The first kappa shape index (κ1) is 11.3. The van der Waals surface area contributed by atoms with Gasteiger partial charge in [-0.15, -0.1) is 12.3 Å². The number of hydrogen-bond donors (Lipinski definition) is 0. The molecule has 1 rings (SSSR count). The van der Waals surface area contributed by atoms with Crippen molar-refractivity contribution in [2.75, 3.05) is 0 Å². The maximum absolute atomic E-state index is 11.5. The maximum atomic E-state index is 11.5. The molecule has 80 valence electrons. The highest BCUT2D eigenvalue weighted by atomic mass is 16.5. The molecule has 4 nitrogen and oxygen atoms in total. The van der Waals surface area contributed by atoms with Gasteiger partial charge in [0.15, 0.2) is 0 Å². The largest absolute Gasteiger partial charge is 0.458 e. The van der Waals surface area contributed by atoms with Crippen LogP contribution in [-0.2, 0) is 11.3 Å². The molecular weight excluding hydrogens is 192 g/mol. The summed E-state index contributed by atoms with van der Waals surface area (Å²) in [5.41, 5.74) is 0.459. The van der Waals surface area contributed by atoms with Crippen LogP contribution in [-0.4, -0.2) is 21.9 Å². The standard InChI is InChI=1S/C11H14N2O2/c1-4-6-9(3)15-11(14)10-7-12-13(5-2)8-10/h1,7-9H,5-6H2,2-3H3. The second kappa shape index (κ2) is 5.20. The van der Waals surface area contributed by atoms with Gasteiger partial charge in [-0.05, 0) is 13.8 Å². The number of carbonyl (C=O) groups excluding carboxylic acids is 1. The first-order valence-corrected chi connectivity index (χ1v) is 4.84. The van der Waals surface area contributed by atoms with Crippen LogP contribution < -0.4 is 0 Å². The van der Waals surface area contributed by atoms with Crippen molar-refractivity contribution in [1.82, 2.24) is 9.78 Å². The van der Waals surface area contributed by atoms with Gasteiger partial charge in [-0.2, -0.15) is 5.10 Å². The molecule has 4 heteroatoms. The van der Waals surface area contributed by atoms with Crippen LogP contribution in [0, 0.1) is 12.3 Å². The first-order chi connectivity index (χ1) is 7.17. The minimum absolute atomic E-state index is 0.257. The summed E-state index contributed by atoms with van der Waals surface area (Å²) in [5, 5.41) is 3.98. The van der Waals surface area contributed by atoms with Crippen LogP contribution in [0.2, 0.25) is 0 Å². The number of hydrogen-bond acceptors (Lipinski definition) is 3. The zero-order valence-electron chi connectivity index (χ0n) is 8.93. The van der Waals surface area contributed by atoms with Crippen LogP contribution in [0.1, 0.15) is 30.6 Å². The van der Waals surface area contributed by atoms with E-state index in [1.165, 1.54) is 6.20 Å². The number of carbonyl (C=O) groups is 1. The molecule has 1 atom stereocenters. The summed E-state index contributed by atoms with van der Waals surface area (Å²) in [7, 11) is 0. The number of ether oxygens (including phenoxy) is 1. The molecule has 0 bridgehead atoms. The highest BCUT2D eigenvalue weighted by molar-refractivity contribution is 5.88. The second-order valence-corrected chi connectivity index (χ2v) is 3.21. The predicted molar refractivity (Wildman–Crippen MR) is 56.2 cm³/mol. The smallest absolute Gasteiger partial charge is 0.341 e. The number of terminal acetylenes is 1. The lowest BCUT2D eigenvalue weighted by Gasteiger charge is -2.08. The fraction of sp³-hybridized carbons (Fsp3) is 0.455. The van der Waals surface area contributed by atoms with Gasteiger partial charge in [0.25, 0.3) is 0 Å². The predicted octanol–water partition coefficient (Wildman–Crippen LogP) is 1.47. The Hall–Kier alpha value is -1.76. The Bertz CT molecular complexity index is 376. The van der Waals surface area contributed by atoms with Crippen molar-refractivity contribution in [2.24, 2.45) is 0 Å². The Kier molecular flexibility index (Phi) is 3.92. The van der Waals surface area contributed by atoms with Gasteiger partial charge < -0.3 is 4.74 Å². The molecule has 0 saturated carbocycles. The van der Waals surface area contributed by atoms with Crippen LogP contribution in [0.3, 0.4) is 0 Å². The third kappa shape index (κ3) is 3.13. The third-order valence-electron chi connectivity index (χ3n) is 1.91. The molecule has 0 amide bonds. The summed E-state index contributed by atoms with van der Waals surface area (Å²) in [6.45, 7) is 4.44. The SMILES string of the molecule is C#CCC(C)OC(=O)c1cnn(CC)c1. The topological polar surface area (TPSA) is 44.1 Å². The molecule has 0 N–H and O–H groups in total. The fourth-order valence-electron chi connectivity index (χ4n) is 1.10. The van der Waals surface area contributed by atoms with E-state index < -0.39 is 0 Å². The van der Waals surface area contributed by atoms with Crippen LogP contribution in [0.5, 0.6) is 0 Å². The quantitative estimate of drug-likeness (QED) is 0.553. The molecule has 0 fully saturated rings. The minimum atomic E-state index is -0.377. The third-order valence-corrected chi connectivity index (χ3v) is 1.91. The number of esters is 1. The summed E-state index contributed by atoms with van der Waals surface area (Å²) < 4.78 is 6.77. The molecule has 0 aliphatic heterocycles. The normalized spacial score (nSPS) is 11.8. The molecule has 0 saturated heterocycles. The van der Waals surface area contributed by atoms with Gasteiger partial charge in [0, 0.05) is 19.2 Å². The molecule has 1 unspecified atom stereocenters. The van der Waals surface area contributed by atoms with Crippen LogP contribution >= 0.6 is 0 Å². The molecule has 1 aromatic rings.